The van der Waals surface area contributed by atoms with Crippen molar-refractivity contribution in [1.82, 2.24) is 14.9 Å². The highest BCUT2D eigenvalue weighted by molar-refractivity contribution is 7.89. The Hall–Kier alpha value is -1.80. The van der Waals surface area contributed by atoms with Crippen LogP contribution >= 0.6 is 0 Å². The van der Waals surface area contributed by atoms with Gasteiger partial charge in [0, 0.05) is 24.7 Å². The zero-order chi connectivity index (χ0) is 21.6. The number of carbonyl (C=O) groups excluding carboxylic acids is 1. The van der Waals surface area contributed by atoms with Crippen LogP contribution in [0.15, 0.2) is 29.2 Å². The van der Waals surface area contributed by atoms with E-state index in [9.17, 15) is 13.2 Å². The molecule has 1 aromatic rings. The molecule has 5 fully saturated rings. The summed E-state index contributed by atoms with van der Waals surface area (Å²) in [6.45, 7) is 0.826. The number of rotatable bonds is 6. The fraction of sp³-hybridized carbons (Fsp3) is 0.696. The molecule has 4 unspecified atom stereocenters. The summed E-state index contributed by atoms with van der Waals surface area (Å²) in [5, 5.41) is 6.33. The van der Waals surface area contributed by atoms with E-state index in [1.54, 1.807) is 35.7 Å². The molecule has 5 atom stereocenters. The third kappa shape index (κ3) is 3.82. The largest absolute Gasteiger partial charge is 0.497 e. The zero-order valence-corrected chi connectivity index (χ0v) is 19.0. The van der Waals surface area contributed by atoms with E-state index in [-0.39, 0.29) is 22.5 Å². The summed E-state index contributed by atoms with van der Waals surface area (Å²) in [5.74, 6) is 2.81. The Labute approximate surface area is 185 Å². The van der Waals surface area contributed by atoms with Gasteiger partial charge in [-0.2, -0.15) is 4.31 Å². The molecular formula is C23H33N3O4S. The average molecular weight is 448 g/mol. The Morgan fingerprint density at radius 2 is 1.84 bits per heavy atom. The number of nitrogens with one attached hydrogen (secondary N) is 2. The molecule has 6 rings (SSSR count). The van der Waals surface area contributed by atoms with Crippen molar-refractivity contribution in [3.63, 3.8) is 0 Å². The minimum atomic E-state index is -3.62. The van der Waals surface area contributed by atoms with E-state index in [0.717, 1.165) is 43.9 Å². The van der Waals surface area contributed by atoms with E-state index in [1.165, 1.54) is 19.3 Å². The molecule has 31 heavy (non-hydrogen) atoms. The summed E-state index contributed by atoms with van der Waals surface area (Å²) in [5.41, 5.74) is -0.0148. The fourth-order valence-corrected chi connectivity index (χ4v) is 8.55. The number of carbonyl (C=O) groups is 1. The van der Waals surface area contributed by atoms with E-state index in [1.807, 2.05) is 0 Å². The molecule has 2 N–H and O–H groups in total. The number of ether oxygens (including phenoxy) is 1. The maximum absolute atomic E-state index is 13.3. The number of nitrogens with zero attached hydrogens (tertiary/aromatic N) is 1. The highest BCUT2D eigenvalue weighted by Crippen LogP contribution is 2.60. The quantitative estimate of drug-likeness (QED) is 0.701. The van der Waals surface area contributed by atoms with Crippen LogP contribution in [0.2, 0.25) is 0 Å². The standard InChI is InChI=1S/C23H33N3O4S/c1-30-20-5-7-21(8-6-20)31(28,29)26-9-3-2-4-19(26)15-24-22(27)25-23-13-16-10-17(14-23)12-18(23)11-16/h5-8,16-19H,2-4,9-15H2,1H3,(H2,24,25,27)/t16-,17?,18?,19?,23?/m0/s1. The number of piperidine rings is 1. The first-order chi connectivity index (χ1) is 14.9. The first-order valence-corrected chi connectivity index (χ1v) is 13.1. The van der Waals surface area contributed by atoms with E-state index in [0.29, 0.717) is 24.8 Å². The van der Waals surface area contributed by atoms with Crippen LogP contribution < -0.4 is 15.4 Å². The van der Waals surface area contributed by atoms with Gasteiger partial charge in [-0.25, -0.2) is 13.2 Å². The van der Waals surface area contributed by atoms with Crippen LogP contribution in [0.25, 0.3) is 0 Å². The lowest BCUT2D eigenvalue weighted by Crippen LogP contribution is -2.56. The molecule has 1 aromatic carbocycles. The van der Waals surface area contributed by atoms with Crippen molar-refractivity contribution < 1.29 is 17.9 Å². The van der Waals surface area contributed by atoms with Gasteiger partial charge in [0.05, 0.1) is 12.0 Å². The molecule has 0 aromatic heterocycles. The van der Waals surface area contributed by atoms with Gasteiger partial charge in [-0.05, 0) is 87.0 Å². The highest BCUT2D eigenvalue weighted by atomic mass is 32.2. The number of benzene rings is 1. The Bertz CT molecular complexity index is 919. The van der Waals surface area contributed by atoms with E-state index in [2.05, 4.69) is 10.6 Å². The van der Waals surface area contributed by atoms with Crippen molar-refractivity contribution >= 4 is 16.1 Å². The first kappa shape index (κ1) is 21.1. The van der Waals surface area contributed by atoms with Crippen LogP contribution in [0.1, 0.15) is 51.4 Å². The van der Waals surface area contributed by atoms with Crippen LogP contribution in [0.3, 0.4) is 0 Å². The number of urea groups is 1. The average Bonchev–Trinajstić information content (AvgIpc) is 3.15. The van der Waals surface area contributed by atoms with Crippen molar-refractivity contribution in [2.45, 2.75) is 67.8 Å². The lowest BCUT2D eigenvalue weighted by Gasteiger charge is -2.36. The van der Waals surface area contributed by atoms with Gasteiger partial charge in [-0.1, -0.05) is 6.42 Å². The number of methoxy groups -OCH3 is 1. The smallest absolute Gasteiger partial charge is 0.315 e. The third-order valence-corrected chi connectivity index (χ3v) is 10.1. The van der Waals surface area contributed by atoms with E-state index < -0.39 is 10.0 Å². The number of hydrogen-bond acceptors (Lipinski definition) is 4. The van der Waals surface area contributed by atoms with E-state index in [4.69, 9.17) is 4.74 Å². The van der Waals surface area contributed by atoms with Crippen molar-refractivity contribution in [2.24, 2.45) is 17.8 Å². The highest BCUT2D eigenvalue weighted by Gasteiger charge is 2.58. The summed E-state index contributed by atoms with van der Waals surface area (Å²) in [4.78, 5) is 13.1. The molecule has 2 amide bonds. The SMILES string of the molecule is COc1ccc(S(=O)(=O)N2CCCCC2CNC(=O)NC23CC4CC2C[C@H](C4)C3)cc1. The number of sulfonamides is 1. The molecule has 0 spiro atoms. The molecule has 1 saturated heterocycles. The van der Waals surface area contributed by atoms with Crippen LogP contribution in [-0.2, 0) is 10.0 Å². The molecule has 4 aliphatic carbocycles. The molecule has 8 heteroatoms. The predicted molar refractivity (Wildman–Crippen MR) is 117 cm³/mol. The molecule has 1 aliphatic heterocycles. The minimum absolute atomic E-state index is 0.0148. The second-order valence-electron chi connectivity index (χ2n) is 9.98. The van der Waals surface area contributed by atoms with Gasteiger partial charge >= 0.3 is 6.03 Å². The molecule has 1 heterocycles. The predicted octanol–water partition coefficient (Wildman–Crippen LogP) is 3.12. The lowest BCUT2D eigenvalue weighted by atomic mass is 9.80. The third-order valence-electron chi connectivity index (χ3n) is 8.09. The number of amides is 2. The molecule has 7 nitrogen and oxygen atoms in total. The van der Waals surface area contributed by atoms with Crippen LogP contribution in [0.5, 0.6) is 5.75 Å². The monoisotopic (exact) mass is 447 g/mol. The Morgan fingerprint density at radius 3 is 2.52 bits per heavy atom. The van der Waals surface area contributed by atoms with Crippen molar-refractivity contribution in [3.8, 4) is 5.75 Å². The minimum Gasteiger partial charge on any atom is -0.497 e. The van der Waals surface area contributed by atoms with Crippen LogP contribution in [-0.4, -0.2) is 50.5 Å². The van der Waals surface area contributed by atoms with Crippen molar-refractivity contribution in [2.75, 3.05) is 20.2 Å². The molecule has 4 saturated carbocycles. The summed E-state index contributed by atoms with van der Waals surface area (Å²) in [6, 6.07) is 6.15. The van der Waals surface area contributed by atoms with Crippen molar-refractivity contribution in [3.05, 3.63) is 24.3 Å². The van der Waals surface area contributed by atoms with Gasteiger partial charge in [0.15, 0.2) is 0 Å². The van der Waals surface area contributed by atoms with Crippen molar-refractivity contribution in [1.29, 1.82) is 0 Å². The first-order valence-electron chi connectivity index (χ1n) is 11.6. The second kappa shape index (κ2) is 7.96. The maximum atomic E-state index is 13.3. The summed E-state index contributed by atoms with van der Waals surface area (Å²) < 4.78 is 33.2. The van der Waals surface area contributed by atoms with Crippen LogP contribution in [0.4, 0.5) is 4.79 Å². The molecule has 0 radical (unpaired) electrons. The topological polar surface area (TPSA) is 87.7 Å². The molecule has 170 valence electrons. The maximum Gasteiger partial charge on any atom is 0.315 e. The summed E-state index contributed by atoms with van der Waals surface area (Å²) >= 11 is 0. The van der Waals surface area contributed by atoms with Gasteiger partial charge in [-0.3, -0.25) is 0 Å². The lowest BCUT2D eigenvalue weighted by molar-refractivity contribution is 0.198. The Balaban J connectivity index is 1.23. The molecular weight excluding hydrogens is 414 g/mol. The Kier molecular flexibility index (Phi) is 5.41. The number of hydrogen-bond donors (Lipinski definition) is 2. The molecule has 5 aliphatic rings. The van der Waals surface area contributed by atoms with Gasteiger partial charge in [0.25, 0.3) is 0 Å². The fourth-order valence-electron chi connectivity index (χ4n) is 6.86. The summed E-state index contributed by atoms with van der Waals surface area (Å²) in [7, 11) is -2.06. The van der Waals surface area contributed by atoms with Gasteiger partial charge in [-0.15, -0.1) is 0 Å². The zero-order valence-electron chi connectivity index (χ0n) is 18.2. The summed E-state index contributed by atoms with van der Waals surface area (Å²) in [6.07, 6.45) is 8.64. The molecule has 4 bridgehead atoms. The Morgan fingerprint density at radius 1 is 1.13 bits per heavy atom. The van der Waals surface area contributed by atoms with Crippen LogP contribution in [0, 0.1) is 17.8 Å². The van der Waals surface area contributed by atoms with E-state index >= 15 is 0 Å². The van der Waals surface area contributed by atoms with Gasteiger partial charge < -0.3 is 15.4 Å². The van der Waals surface area contributed by atoms with Gasteiger partial charge in [0.1, 0.15) is 5.75 Å². The second-order valence-corrected chi connectivity index (χ2v) is 11.9. The normalized spacial score (nSPS) is 34.6. The van der Waals surface area contributed by atoms with Gasteiger partial charge in [0.2, 0.25) is 10.0 Å².